The van der Waals surface area contributed by atoms with Gasteiger partial charge in [0.1, 0.15) is 17.5 Å². The molecule has 1 N–H and O–H groups in total. The van der Waals surface area contributed by atoms with Crippen molar-refractivity contribution in [2.75, 3.05) is 19.6 Å². The largest absolute Gasteiger partial charge is 0.480 e. The van der Waals surface area contributed by atoms with Crippen LogP contribution in [0.15, 0.2) is 88.5 Å². The normalized spacial score (nSPS) is 14.5. The molecule has 1 saturated heterocycles. The van der Waals surface area contributed by atoms with Crippen molar-refractivity contribution < 1.29 is 19.0 Å². The minimum absolute atomic E-state index is 0. The Morgan fingerprint density at radius 3 is 2.05 bits per heavy atom. The zero-order chi connectivity index (χ0) is 30.6. The molecule has 44 heavy (non-hydrogen) atoms. The average molecular weight is 624 g/mol. The maximum atomic E-state index is 14.8. The Labute approximate surface area is 262 Å². The van der Waals surface area contributed by atoms with Crippen LogP contribution >= 0.6 is 12.4 Å². The molecule has 0 radical (unpaired) electrons. The summed E-state index contributed by atoms with van der Waals surface area (Å²) in [5, 5.41) is 9.43. The lowest BCUT2D eigenvalue weighted by Crippen LogP contribution is -2.52. The van der Waals surface area contributed by atoms with Crippen LogP contribution in [0.1, 0.15) is 56.8 Å². The molecule has 0 amide bonds. The van der Waals surface area contributed by atoms with E-state index in [0.29, 0.717) is 11.0 Å². The lowest BCUT2D eigenvalue weighted by atomic mass is 10.00. The Hall–Kier alpha value is -3.79. The number of nitrogens with zero attached hydrogens (tertiary/aromatic N) is 3. The van der Waals surface area contributed by atoms with E-state index in [2.05, 4.69) is 29.2 Å². The molecule has 1 aliphatic heterocycles. The zero-order valence-corrected chi connectivity index (χ0v) is 25.8. The number of aliphatic carboxylic acids is 1. The van der Waals surface area contributed by atoms with E-state index in [1.807, 2.05) is 36.4 Å². The number of carboxylic acids is 1. The van der Waals surface area contributed by atoms with E-state index in [1.165, 1.54) is 30.5 Å². The minimum Gasteiger partial charge on any atom is -0.480 e. The average Bonchev–Trinajstić information content (AvgIpc) is 3.00. The van der Waals surface area contributed by atoms with E-state index >= 15 is 0 Å². The summed E-state index contributed by atoms with van der Waals surface area (Å²) >= 11 is 0. The van der Waals surface area contributed by atoms with Crippen LogP contribution < -0.4 is 11.2 Å². The predicted molar refractivity (Wildman–Crippen MR) is 171 cm³/mol. The van der Waals surface area contributed by atoms with Gasteiger partial charge in [0.2, 0.25) is 0 Å². The summed E-state index contributed by atoms with van der Waals surface area (Å²) in [7, 11) is 0. The highest BCUT2D eigenvalue weighted by molar-refractivity contribution is 5.85. The summed E-state index contributed by atoms with van der Waals surface area (Å²) in [6.45, 7) is 5.40. The van der Waals surface area contributed by atoms with E-state index in [9.17, 15) is 23.9 Å². The molecule has 5 rings (SSSR count). The third-order valence-electron chi connectivity index (χ3n) is 8.38. The SMILES string of the molecule is CC(C)(C(=O)O)n1c(=O)c2c(F)cccc2n(CCCCN2CCC(OC(c3ccccc3)c3ccccc3)CC2)c1=O.Cl. The van der Waals surface area contributed by atoms with Gasteiger partial charge in [0.15, 0.2) is 0 Å². The number of hydrogen-bond donors (Lipinski definition) is 1. The molecule has 3 aromatic carbocycles. The summed E-state index contributed by atoms with van der Waals surface area (Å²) < 4.78 is 23.4. The van der Waals surface area contributed by atoms with Crippen molar-refractivity contribution in [2.24, 2.45) is 0 Å². The van der Waals surface area contributed by atoms with Gasteiger partial charge in [-0.15, -0.1) is 12.4 Å². The Morgan fingerprint density at radius 1 is 0.909 bits per heavy atom. The third kappa shape index (κ3) is 6.96. The number of likely N-dealkylation sites (tertiary alicyclic amines) is 1. The maximum Gasteiger partial charge on any atom is 0.332 e. The van der Waals surface area contributed by atoms with Crippen LogP contribution in [-0.2, 0) is 21.6 Å². The number of aromatic nitrogens is 2. The second-order valence-electron chi connectivity index (χ2n) is 11.7. The van der Waals surface area contributed by atoms with Crippen LogP contribution in [0.3, 0.4) is 0 Å². The Bertz CT molecular complexity index is 1640. The van der Waals surface area contributed by atoms with Crippen molar-refractivity contribution in [3.8, 4) is 0 Å². The molecule has 1 aliphatic rings. The second-order valence-corrected chi connectivity index (χ2v) is 11.7. The number of piperidine rings is 1. The lowest BCUT2D eigenvalue weighted by molar-refractivity contribution is -0.146. The zero-order valence-electron chi connectivity index (χ0n) is 25.0. The molecule has 0 saturated carbocycles. The summed E-state index contributed by atoms with van der Waals surface area (Å²) in [6, 6.07) is 24.7. The maximum absolute atomic E-state index is 14.8. The molecular weight excluding hydrogens is 585 g/mol. The molecule has 0 spiro atoms. The number of hydrogen-bond acceptors (Lipinski definition) is 5. The molecule has 4 aromatic rings. The van der Waals surface area contributed by atoms with Crippen molar-refractivity contribution in [1.82, 2.24) is 14.0 Å². The summed E-state index contributed by atoms with van der Waals surface area (Å²) in [5.41, 5.74) is -1.07. The van der Waals surface area contributed by atoms with Gasteiger partial charge in [0, 0.05) is 19.6 Å². The molecule has 0 unspecified atom stereocenters. The molecular formula is C34H39ClFN3O5. The minimum atomic E-state index is -1.83. The fraction of sp³-hybridized carbons (Fsp3) is 0.382. The number of aryl methyl sites for hydroxylation is 1. The monoisotopic (exact) mass is 623 g/mol. The first-order chi connectivity index (χ1) is 20.7. The number of benzene rings is 3. The fourth-order valence-electron chi connectivity index (χ4n) is 5.85. The van der Waals surface area contributed by atoms with E-state index in [4.69, 9.17) is 4.74 Å². The van der Waals surface area contributed by atoms with Crippen LogP contribution in [0.25, 0.3) is 10.9 Å². The molecule has 1 aromatic heterocycles. The quantitative estimate of drug-likeness (QED) is 0.219. The van der Waals surface area contributed by atoms with E-state index < -0.39 is 28.6 Å². The number of ether oxygens (including phenoxy) is 1. The van der Waals surface area contributed by atoms with Gasteiger partial charge < -0.3 is 14.7 Å². The fourth-order valence-corrected chi connectivity index (χ4v) is 5.85. The first-order valence-electron chi connectivity index (χ1n) is 14.8. The van der Waals surface area contributed by atoms with Crippen LogP contribution in [-0.4, -0.2) is 50.8 Å². The molecule has 10 heteroatoms. The number of fused-ring (bicyclic) bond motifs is 1. The molecule has 1 fully saturated rings. The predicted octanol–water partition coefficient (Wildman–Crippen LogP) is 5.59. The molecule has 8 nitrogen and oxygen atoms in total. The van der Waals surface area contributed by atoms with Crippen LogP contribution in [0.2, 0.25) is 0 Å². The highest BCUT2D eigenvalue weighted by Crippen LogP contribution is 2.30. The van der Waals surface area contributed by atoms with Crippen molar-refractivity contribution in [3.63, 3.8) is 0 Å². The lowest BCUT2D eigenvalue weighted by Gasteiger charge is -2.34. The van der Waals surface area contributed by atoms with Crippen molar-refractivity contribution in [3.05, 3.63) is 117 Å². The first kappa shape index (κ1) is 33.1. The van der Waals surface area contributed by atoms with Gasteiger partial charge >= 0.3 is 11.7 Å². The van der Waals surface area contributed by atoms with Crippen molar-refractivity contribution in [2.45, 2.75) is 63.8 Å². The molecule has 0 bridgehead atoms. The number of halogens is 2. The van der Waals surface area contributed by atoms with Crippen molar-refractivity contribution in [1.29, 1.82) is 0 Å². The van der Waals surface area contributed by atoms with Gasteiger partial charge in [-0.3, -0.25) is 9.36 Å². The Kier molecular flexibility index (Phi) is 10.8. The van der Waals surface area contributed by atoms with Gasteiger partial charge in [0.25, 0.3) is 5.56 Å². The van der Waals surface area contributed by atoms with Gasteiger partial charge in [-0.05, 0) is 69.3 Å². The van der Waals surface area contributed by atoms with Gasteiger partial charge in [0.05, 0.1) is 17.0 Å². The molecule has 234 valence electrons. The molecule has 0 aliphatic carbocycles. The number of rotatable bonds is 11. The summed E-state index contributed by atoms with van der Waals surface area (Å²) in [5.74, 6) is -2.13. The number of carboxylic acid groups (broad SMARTS) is 1. The number of unbranched alkanes of at least 4 members (excludes halogenated alkanes) is 1. The van der Waals surface area contributed by atoms with Crippen LogP contribution in [0, 0.1) is 5.82 Å². The van der Waals surface area contributed by atoms with Gasteiger partial charge in [-0.25, -0.2) is 18.5 Å². The highest BCUT2D eigenvalue weighted by Gasteiger charge is 2.34. The van der Waals surface area contributed by atoms with E-state index in [-0.39, 0.29) is 42.1 Å². The Balaban J connectivity index is 0.00000442. The van der Waals surface area contributed by atoms with E-state index in [1.54, 1.807) is 0 Å². The van der Waals surface area contributed by atoms with Crippen LogP contribution in [0.4, 0.5) is 4.39 Å². The van der Waals surface area contributed by atoms with Gasteiger partial charge in [-0.2, -0.15) is 0 Å². The molecule has 2 heterocycles. The van der Waals surface area contributed by atoms with Crippen molar-refractivity contribution >= 4 is 29.3 Å². The van der Waals surface area contributed by atoms with Crippen LogP contribution in [0.5, 0.6) is 0 Å². The standard InChI is InChI=1S/C34H38FN3O5.ClH/c1-34(2,32(40)41)38-31(39)29-27(35)16-11-17-28(29)37(33(38)42)21-10-9-20-36-22-18-26(19-23-36)43-30(24-12-5-3-6-13-24)25-14-7-4-8-15-25;/h3-8,11-17,26,30H,9-10,18-23H2,1-2H3,(H,40,41);1H. The number of carbonyl (C=O) groups is 1. The summed E-state index contributed by atoms with van der Waals surface area (Å²) in [6.07, 6.45) is 3.24. The molecule has 0 atom stereocenters. The highest BCUT2D eigenvalue weighted by atomic mass is 35.5. The smallest absolute Gasteiger partial charge is 0.332 e. The van der Waals surface area contributed by atoms with E-state index in [0.717, 1.165) is 56.1 Å². The first-order valence-corrected chi connectivity index (χ1v) is 14.8. The second kappa shape index (κ2) is 14.3. The van der Waals surface area contributed by atoms with Gasteiger partial charge in [-0.1, -0.05) is 66.7 Å². The Morgan fingerprint density at radius 2 is 1.48 bits per heavy atom. The topological polar surface area (TPSA) is 93.8 Å². The summed E-state index contributed by atoms with van der Waals surface area (Å²) in [4.78, 5) is 40.8. The third-order valence-corrected chi connectivity index (χ3v) is 8.38.